The van der Waals surface area contributed by atoms with Gasteiger partial charge in [-0.3, -0.25) is 10.1 Å². The molecule has 2 fully saturated rings. The summed E-state index contributed by atoms with van der Waals surface area (Å²) in [6.07, 6.45) is 0.401. The van der Waals surface area contributed by atoms with Gasteiger partial charge in [0.25, 0.3) is 0 Å². The van der Waals surface area contributed by atoms with Crippen LogP contribution in [0.15, 0.2) is 53.0 Å². The Hall–Kier alpha value is -1.93. The lowest BCUT2D eigenvalue weighted by atomic mass is 9.75. The van der Waals surface area contributed by atoms with Gasteiger partial charge in [-0.15, -0.1) is 0 Å². The molecule has 2 aliphatic heterocycles. The lowest BCUT2D eigenvalue weighted by molar-refractivity contribution is -0.146. The number of carbonyl (C=O) groups is 1. The van der Waals surface area contributed by atoms with Gasteiger partial charge in [0.2, 0.25) is 0 Å². The maximum Gasteiger partial charge on any atom is 0.307 e. The molecule has 0 aromatic heterocycles. The van der Waals surface area contributed by atoms with Crippen molar-refractivity contribution in [2.45, 2.75) is 24.7 Å². The van der Waals surface area contributed by atoms with E-state index in [0.29, 0.717) is 6.42 Å². The number of benzene rings is 2. The van der Waals surface area contributed by atoms with Gasteiger partial charge in [0.05, 0.1) is 29.7 Å². The molecule has 5 unspecified atom stereocenters. The highest BCUT2D eigenvalue weighted by Gasteiger charge is 2.49. The molecule has 4 N–H and O–H groups in total. The monoisotopic (exact) mass is 431 g/mol. The maximum absolute atomic E-state index is 12.1. The third-order valence-corrected chi connectivity index (χ3v) is 6.17. The van der Waals surface area contributed by atoms with Crippen LogP contribution in [0.5, 0.6) is 5.75 Å². The smallest absolute Gasteiger partial charge is 0.307 e. The van der Waals surface area contributed by atoms with Crippen molar-refractivity contribution in [3.05, 3.63) is 64.1 Å². The summed E-state index contributed by atoms with van der Waals surface area (Å²) in [6, 6.07) is 15.8. The predicted molar refractivity (Wildman–Crippen MR) is 105 cm³/mol. The highest BCUT2D eigenvalue weighted by atomic mass is 79.9. The van der Waals surface area contributed by atoms with Crippen LogP contribution in [-0.2, 0) is 4.79 Å². The van der Waals surface area contributed by atoms with Crippen LogP contribution in [0.3, 0.4) is 0 Å². The van der Waals surface area contributed by atoms with Gasteiger partial charge in [-0.2, -0.15) is 0 Å². The van der Waals surface area contributed by atoms with E-state index in [1.807, 2.05) is 48.5 Å². The summed E-state index contributed by atoms with van der Waals surface area (Å²) in [5, 5.41) is 13.5. The first-order valence-electron chi connectivity index (χ1n) is 8.97. The molecule has 0 bridgehead atoms. The molecule has 0 amide bonds. The number of rotatable bonds is 4. The number of hydrazine groups is 1. The van der Waals surface area contributed by atoms with Crippen molar-refractivity contribution in [3.63, 3.8) is 0 Å². The molecule has 2 aliphatic rings. The van der Waals surface area contributed by atoms with E-state index >= 15 is 0 Å². The van der Waals surface area contributed by atoms with Crippen molar-refractivity contribution in [1.29, 1.82) is 0 Å². The van der Waals surface area contributed by atoms with Crippen molar-refractivity contribution >= 4 is 21.9 Å². The molecule has 0 saturated carbocycles. The second-order valence-electron chi connectivity index (χ2n) is 7.03. The molecule has 142 valence electrons. The first kappa shape index (κ1) is 18.4. The van der Waals surface area contributed by atoms with E-state index in [1.165, 1.54) is 0 Å². The summed E-state index contributed by atoms with van der Waals surface area (Å²) >= 11 is 3.52. The average Bonchev–Trinajstić information content (AvgIpc) is 3.11. The van der Waals surface area contributed by atoms with Crippen molar-refractivity contribution in [1.82, 2.24) is 16.2 Å². The van der Waals surface area contributed by atoms with Crippen molar-refractivity contribution in [2.24, 2.45) is 11.8 Å². The van der Waals surface area contributed by atoms with Crippen molar-refractivity contribution < 1.29 is 14.6 Å². The maximum atomic E-state index is 12.1. The number of hydrogen-bond acceptors (Lipinski definition) is 5. The molecule has 2 aromatic rings. The summed E-state index contributed by atoms with van der Waals surface area (Å²) in [7, 11) is 1.63. The van der Waals surface area contributed by atoms with E-state index in [2.05, 4.69) is 32.1 Å². The molecule has 0 radical (unpaired) electrons. The minimum atomic E-state index is -0.754. The zero-order valence-electron chi connectivity index (χ0n) is 14.9. The molecule has 0 spiro atoms. The van der Waals surface area contributed by atoms with Crippen LogP contribution in [0.2, 0.25) is 0 Å². The number of carboxylic acids is 1. The second-order valence-corrected chi connectivity index (χ2v) is 7.88. The van der Waals surface area contributed by atoms with Crippen LogP contribution in [0.1, 0.15) is 29.6 Å². The van der Waals surface area contributed by atoms with Gasteiger partial charge >= 0.3 is 5.97 Å². The number of methoxy groups -OCH3 is 1. The van der Waals surface area contributed by atoms with E-state index < -0.39 is 11.9 Å². The highest BCUT2D eigenvalue weighted by molar-refractivity contribution is 9.10. The third-order valence-electron chi connectivity index (χ3n) is 5.55. The van der Waals surface area contributed by atoms with E-state index in [-0.39, 0.29) is 24.2 Å². The molecule has 2 heterocycles. The Balaban J connectivity index is 1.62. The van der Waals surface area contributed by atoms with Gasteiger partial charge < -0.3 is 9.84 Å². The Morgan fingerprint density at radius 1 is 1.15 bits per heavy atom. The Bertz CT molecular complexity index is 832. The number of hydrogen-bond donors (Lipinski definition) is 4. The fourth-order valence-electron chi connectivity index (χ4n) is 4.24. The average molecular weight is 432 g/mol. The van der Waals surface area contributed by atoms with E-state index in [0.717, 1.165) is 21.3 Å². The zero-order chi connectivity index (χ0) is 19.0. The Kier molecular flexibility index (Phi) is 5.19. The number of piperidine rings is 1. The standard InChI is InChI=1S/C20H22BrN3O3/c1-27-16-8-7-12(9-14(16)21)15-10-13(20(25)26)17-18(23-24-19(17)22-15)11-5-3-2-4-6-11/h2-9,13,15,17-19,22-24H,10H2,1H3,(H,25,26). The lowest BCUT2D eigenvalue weighted by Gasteiger charge is -2.39. The first-order chi connectivity index (χ1) is 13.1. The van der Waals surface area contributed by atoms with E-state index in [4.69, 9.17) is 4.74 Å². The normalized spacial score (nSPS) is 29.9. The third kappa shape index (κ3) is 3.48. The molecule has 7 heteroatoms. The summed E-state index contributed by atoms with van der Waals surface area (Å²) in [5.74, 6) is -0.541. The topological polar surface area (TPSA) is 82.6 Å². The highest BCUT2D eigenvalue weighted by Crippen LogP contribution is 2.43. The number of fused-ring (bicyclic) bond motifs is 1. The molecular formula is C20H22BrN3O3. The lowest BCUT2D eigenvalue weighted by Crippen LogP contribution is -2.53. The SMILES string of the molecule is COc1ccc(C2CC(C(=O)O)C3C(NNC3c3ccccc3)N2)cc1Br. The van der Waals surface area contributed by atoms with Gasteiger partial charge in [0.1, 0.15) is 5.75 Å². The number of ether oxygens (including phenoxy) is 1. The summed E-state index contributed by atoms with van der Waals surface area (Å²) in [6.45, 7) is 0. The van der Waals surface area contributed by atoms with E-state index in [1.54, 1.807) is 7.11 Å². The van der Waals surface area contributed by atoms with Crippen LogP contribution in [0.25, 0.3) is 0 Å². The molecule has 5 atom stereocenters. The first-order valence-corrected chi connectivity index (χ1v) is 9.76. The van der Waals surface area contributed by atoms with Crippen LogP contribution in [-0.4, -0.2) is 24.4 Å². The van der Waals surface area contributed by atoms with Crippen LogP contribution < -0.4 is 20.9 Å². The molecule has 4 rings (SSSR count). The quantitative estimate of drug-likeness (QED) is 0.595. The zero-order valence-corrected chi connectivity index (χ0v) is 16.4. The van der Waals surface area contributed by atoms with Crippen molar-refractivity contribution in [2.75, 3.05) is 7.11 Å². The van der Waals surface area contributed by atoms with Gasteiger partial charge in [-0.05, 0) is 45.6 Å². The van der Waals surface area contributed by atoms with Gasteiger partial charge in [-0.25, -0.2) is 10.9 Å². The largest absolute Gasteiger partial charge is 0.496 e. The number of halogens is 1. The molecule has 0 aliphatic carbocycles. The summed E-state index contributed by atoms with van der Waals surface area (Å²) < 4.78 is 6.15. The molecule has 2 aromatic carbocycles. The second kappa shape index (κ2) is 7.59. The number of nitrogens with one attached hydrogen (secondary N) is 3. The molecular weight excluding hydrogens is 410 g/mol. The number of carboxylic acid groups (broad SMARTS) is 1. The van der Waals surface area contributed by atoms with Gasteiger partial charge in [-0.1, -0.05) is 36.4 Å². The minimum absolute atomic E-state index is 0.0478. The fourth-order valence-corrected chi connectivity index (χ4v) is 4.80. The molecule has 2 saturated heterocycles. The Morgan fingerprint density at radius 3 is 2.59 bits per heavy atom. The van der Waals surface area contributed by atoms with Crippen molar-refractivity contribution in [3.8, 4) is 5.75 Å². The summed E-state index contributed by atoms with van der Waals surface area (Å²) in [5.41, 5.74) is 8.70. The Morgan fingerprint density at radius 2 is 1.93 bits per heavy atom. The van der Waals surface area contributed by atoms with Gasteiger partial charge in [0, 0.05) is 12.0 Å². The molecule has 27 heavy (non-hydrogen) atoms. The minimum Gasteiger partial charge on any atom is -0.496 e. The van der Waals surface area contributed by atoms with E-state index in [9.17, 15) is 9.90 Å². The fraction of sp³-hybridized carbons (Fsp3) is 0.350. The van der Waals surface area contributed by atoms with Gasteiger partial charge in [0.15, 0.2) is 0 Å². The Labute approximate surface area is 166 Å². The number of aliphatic carboxylic acids is 1. The van der Waals surface area contributed by atoms with Crippen LogP contribution in [0.4, 0.5) is 0 Å². The summed E-state index contributed by atoms with van der Waals surface area (Å²) in [4.78, 5) is 12.1. The van der Waals surface area contributed by atoms with Crippen LogP contribution >= 0.6 is 15.9 Å². The predicted octanol–water partition coefficient (Wildman–Crippen LogP) is 2.98. The molecule has 6 nitrogen and oxygen atoms in total. The van der Waals surface area contributed by atoms with Crippen LogP contribution in [0, 0.1) is 11.8 Å².